The van der Waals surface area contributed by atoms with Crippen LogP contribution in [-0.4, -0.2) is 65.9 Å². The highest BCUT2D eigenvalue weighted by molar-refractivity contribution is 7.46. The Labute approximate surface area is 176 Å². The van der Waals surface area contributed by atoms with Gasteiger partial charge in [0.05, 0.1) is 5.88 Å². The second kappa shape index (κ2) is 13.1. The van der Waals surface area contributed by atoms with Crippen molar-refractivity contribution in [2.45, 2.75) is 38.5 Å². The molecule has 1 rings (SSSR count). The van der Waals surface area contributed by atoms with E-state index in [0.29, 0.717) is 25.2 Å². The lowest BCUT2D eigenvalue weighted by atomic mass is 10.2. The summed E-state index contributed by atoms with van der Waals surface area (Å²) in [5.74, 6) is -1.18. The number of aromatic nitrogens is 2. The first-order chi connectivity index (χ1) is 13.8. The predicted octanol–water partition coefficient (Wildman–Crippen LogP) is -0.732. The van der Waals surface area contributed by atoms with Crippen LogP contribution in [0.15, 0.2) is 11.2 Å². The van der Waals surface area contributed by atoms with Gasteiger partial charge >= 0.3 is 19.6 Å². The number of aliphatic imine (C=N–C) groups is 1. The number of carboxylic acid groups (broad SMARTS) is 1. The maximum Gasteiger partial charge on any atom is 0.470 e. The maximum atomic E-state index is 10.7. The van der Waals surface area contributed by atoms with E-state index in [-0.39, 0.29) is 24.2 Å². The number of rotatable bonds is 11. The van der Waals surface area contributed by atoms with E-state index >= 15 is 0 Å². The lowest BCUT2D eigenvalue weighted by Crippen LogP contribution is -2.30. The molecule has 0 aliphatic rings. The molecule has 172 valence electrons. The highest BCUT2D eigenvalue weighted by atomic mass is 35.5. The molecule has 0 bridgehead atoms. The minimum atomic E-state index is -4.70. The Morgan fingerprint density at radius 2 is 2.10 bits per heavy atom. The van der Waals surface area contributed by atoms with Gasteiger partial charge in [0, 0.05) is 13.5 Å². The van der Waals surface area contributed by atoms with Gasteiger partial charge in [-0.2, -0.15) is 0 Å². The van der Waals surface area contributed by atoms with E-state index in [1.165, 1.54) is 11.5 Å². The fraction of sp³-hybridized carbons (Fsp3) is 0.615. The van der Waals surface area contributed by atoms with E-state index in [1.54, 1.807) is 0 Å². The Hall–Kier alpha value is -2.29. The zero-order valence-electron chi connectivity index (χ0n) is 16.0. The van der Waals surface area contributed by atoms with Crippen LogP contribution in [0.25, 0.3) is 0 Å². The number of nitrogens with two attached hydrogens (primary N) is 3. The third-order valence-corrected chi connectivity index (χ3v) is 4.27. The summed E-state index contributed by atoms with van der Waals surface area (Å²) in [4.78, 5) is 45.0. The van der Waals surface area contributed by atoms with Crippen molar-refractivity contribution < 1.29 is 33.7 Å². The number of aliphatic carboxylic acids is 1. The molecule has 0 saturated carbocycles. The van der Waals surface area contributed by atoms with Crippen LogP contribution >= 0.6 is 19.4 Å². The van der Waals surface area contributed by atoms with Crippen LogP contribution in [0.2, 0.25) is 0 Å². The number of phosphoric ester groups is 1. The van der Waals surface area contributed by atoms with E-state index in [2.05, 4.69) is 14.5 Å². The number of aryl methyl sites for hydroxylation is 1. The molecule has 15 nitrogen and oxygen atoms in total. The molecule has 0 saturated heterocycles. The quantitative estimate of drug-likeness (QED) is 0.0442. The fourth-order valence-corrected chi connectivity index (χ4v) is 2.76. The van der Waals surface area contributed by atoms with E-state index in [0.717, 1.165) is 6.20 Å². The number of carbonyl (C=O) groups is 1. The Kier molecular flexibility index (Phi) is 12.1. The predicted molar refractivity (Wildman–Crippen MR) is 107 cm³/mol. The van der Waals surface area contributed by atoms with E-state index < -0.39 is 30.9 Å². The Balaban J connectivity index is 0.000000612. The number of halogens is 1. The molecule has 0 aliphatic carbocycles. The molecule has 30 heavy (non-hydrogen) atoms. The van der Waals surface area contributed by atoms with Gasteiger partial charge in [-0.05, 0) is 17.8 Å². The molecule has 0 fully saturated rings. The summed E-state index contributed by atoms with van der Waals surface area (Å²) in [6.07, 6.45) is 0.953. The third kappa shape index (κ3) is 11.6. The largest absolute Gasteiger partial charge is 0.480 e. The number of hydrogen-bond acceptors (Lipinski definition) is 8. The number of carboxylic acids is 1. The molecule has 0 amide bonds. The second-order valence-electron chi connectivity index (χ2n) is 5.80. The lowest BCUT2D eigenvalue weighted by Gasteiger charge is -2.14. The minimum absolute atomic E-state index is 0.0129. The maximum absolute atomic E-state index is 10.7. The van der Waals surface area contributed by atoms with Crippen molar-refractivity contribution in [1.82, 2.24) is 9.55 Å². The standard InChI is InChI=1S/C7H11ClN3O6P.C6H14N4O2/c1-5-9-3-7(11(12)13)10(5)4-6(2-8)17-18(14,15)16;7-4(5(11)12)2-1-3-10-6(8)9/h3,6H,2,4H2,1H3,(H2,14,15,16);4H,1-3,7H2,(H,11,12)(H4,8,9,10)/t6-;/m1./s1. The van der Waals surface area contributed by atoms with Crippen LogP contribution in [0.5, 0.6) is 0 Å². The monoisotopic (exact) mass is 473 g/mol. The van der Waals surface area contributed by atoms with Gasteiger partial charge < -0.3 is 42.2 Å². The average Bonchev–Trinajstić information content (AvgIpc) is 2.97. The number of nitro groups is 1. The van der Waals surface area contributed by atoms with E-state index in [1.807, 2.05) is 0 Å². The Morgan fingerprint density at radius 3 is 2.53 bits per heavy atom. The number of phosphoric acid groups is 1. The van der Waals surface area contributed by atoms with Crippen LogP contribution in [0.1, 0.15) is 18.7 Å². The van der Waals surface area contributed by atoms with Crippen molar-refractivity contribution in [1.29, 1.82) is 0 Å². The van der Waals surface area contributed by atoms with Gasteiger partial charge in [-0.15, -0.1) is 11.6 Å². The number of hydrogen-bond donors (Lipinski definition) is 6. The summed E-state index contributed by atoms with van der Waals surface area (Å²) >= 11 is 5.50. The zero-order chi connectivity index (χ0) is 23.5. The summed E-state index contributed by atoms with van der Waals surface area (Å²) in [5.41, 5.74) is 15.3. The number of imidazole rings is 1. The second-order valence-corrected chi connectivity index (χ2v) is 7.30. The molecular weight excluding hydrogens is 449 g/mol. The van der Waals surface area contributed by atoms with E-state index in [4.69, 9.17) is 43.7 Å². The van der Waals surface area contributed by atoms with Gasteiger partial charge in [0.2, 0.25) is 0 Å². The van der Waals surface area contributed by atoms with Crippen molar-refractivity contribution in [2.24, 2.45) is 22.2 Å². The third-order valence-electron chi connectivity index (χ3n) is 3.35. The first-order valence-corrected chi connectivity index (χ1v) is 10.3. The smallest absolute Gasteiger partial charge is 0.470 e. The van der Waals surface area contributed by atoms with Crippen molar-refractivity contribution in [3.63, 3.8) is 0 Å². The summed E-state index contributed by atoms with van der Waals surface area (Å²) in [6, 6.07) is -0.820. The molecule has 2 atom stereocenters. The molecule has 1 aromatic heterocycles. The van der Waals surface area contributed by atoms with Crippen molar-refractivity contribution in [3.05, 3.63) is 22.1 Å². The van der Waals surface area contributed by atoms with Crippen LogP contribution in [-0.2, 0) is 20.4 Å². The van der Waals surface area contributed by atoms with Gasteiger partial charge in [0.15, 0.2) is 11.8 Å². The van der Waals surface area contributed by atoms with Gasteiger partial charge in [0.1, 0.15) is 24.9 Å². The molecular formula is C13H25ClN7O8P. The molecule has 0 spiro atoms. The minimum Gasteiger partial charge on any atom is -0.480 e. The molecule has 9 N–H and O–H groups in total. The molecule has 1 heterocycles. The number of alkyl halides is 1. The Bertz CT molecular complexity index is 780. The topological polar surface area (TPSA) is 255 Å². The van der Waals surface area contributed by atoms with Gasteiger partial charge in [-0.1, -0.05) is 0 Å². The van der Waals surface area contributed by atoms with Gasteiger partial charge in [-0.25, -0.2) is 14.1 Å². The van der Waals surface area contributed by atoms with Gasteiger partial charge in [-0.3, -0.25) is 14.3 Å². The zero-order valence-corrected chi connectivity index (χ0v) is 17.6. The average molecular weight is 474 g/mol. The summed E-state index contributed by atoms with van der Waals surface area (Å²) in [5, 5.41) is 19.1. The Morgan fingerprint density at radius 1 is 1.50 bits per heavy atom. The summed E-state index contributed by atoms with van der Waals surface area (Å²) in [7, 11) is -4.70. The molecule has 0 aliphatic heterocycles. The first-order valence-electron chi connectivity index (χ1n) is 8.28. The van der Waals surface area contributed by atoms with Crippen LogP contribution in [0.3, 0.4) is 0 Å². The van der Waals surface area contributed by atoms with Crippen molar-refractivity contribution in [3.8, 4) is 0 Å². The summed E-state index contributed by atoms with van der Waals surface area (Å²) < 4.78 is 16.3. The van der Waals surface area contributed by atoms with Crippen molar-refractivity contribution >= 4 is 37.2 Å². The molecule has 1 aromatic rings. The highest BCUT2D eigenvalue weighted by Crippen LogP contribution is 2.38. The molecule has 1 unspecified atom stereocenters. The summed E-state index contributed by atoms with van der Waals surface area (Å²) in [6.45, 7) is 1.77. The first kappa shape index (κ1) is 27.7. The van der Waals surface area contributed by atoms with Gasteiger partial charge in [0.25, 0.3) is 0 Å². The van der Waals surface area contributed by atoms with Crippen LogP contribution in [0, 0.1) is 17.0 Å². The molecule has 17 heteroatoms. The normalized spacial score (nSPS) is 13.0. The molecule has 0 radical (unpaired) electrons. The van der Waals surface area contributed by atoms with Crippen molar-refractivity contribution in [2.75, 3.05) is 12.4 Å². The van der Waals surface area contributed by atoms with E-state index in [9.17, 15) is 19.5 Å². The fourth-order valence-electron chi connectivity index (χ4n) is 1.98. The highest BCUT2D eigenvalue weighted by Gasteiger charge is 2.27. The van der Waals surface area contributed by atoms with Crippen LogP contribution < -0.4 is 17.2 Å². The number of nitrogens with zero attached hydrogens (tertiary/aromatic N) is 4. The SMILES string of the molecule is Cc1ncc([N+](=O)[O-])n1C[C@@H](CCl)OP(=O)(O)O.NC(N)=NCCCC(N)C(=O)O. The number of guanidine groups is 1. The lowest BCUT2D eigenvalue weighted by molar-refractivity contribution is -0.392. The van der Waals surface area contributed by atoms with Crippen LogP contribution in [0.4, 0.5) is 5.82 Å². The molecule has 0 aromatic carbocycles.